The molecule has 2 aliphatic rings. The molecule has 0 spiro atoms. The van der Waals surface area contributed by atoms with Crippen LogP contribution < -0.4 is 5.32 Å². The number of hydrogen-bond donors (Lipinski definition) is 1. The van der Waals surface area contributed by atoms with Gasteiger partial charge in [0.2, 0.25) is 11.8 Å². The van der Waals surface area contributed by atoms with E-state index in [9.17, 15) is 9.59 Å². The SMILES string of the molecule is CC(=O)NC1CCCN(CC(=O)N2CCCC2c2ccc(C(C)(C)C)cc2)C1. The van der Waals surface area contributed by atoms with E-state index in [4.69, 9.17) is 0 Å². The van der Waals surface area contributed by atoms with Crippen LogP contribution >= 0.6 is 0 Å². The van der Waals surface area contributed by atoms with E-state index in [0.29, 0.717) is 6.54 Å². The molecule has 2 atom stereocenters. The third kappa shape index (κ3) is 5.13. The molecule has 3 rings (SSSR count). The van der Waals surface area contributed by atoms with Gasteiger partial charge in [-0.25, -0.2) is 0 Å². The van der Waals surface area contributed by atoms with Crippen molar-refractivity contribution in [1.82, 2.24) is 15.1 Å². The van der Waals surface area contributed by atoms with Gasteiger partial charge in [-0.2, -0.15) is 0 Å². The molecule has 2 amide bonds. The van der Waals surface area contributed by atoms with Gasteiger partial charge in [-0.1, -0.05) is 45.0 Å². The van der Waals surface area contributed by atoms with Gasteiger partial charge in [0.15, 0.2) is 0 Å². The molecule has 1 aromatic carbocycles. The Kier molecular flexibility index (Phi) is 6.43. The number of nitrogens with zero attached hydrogens (tertiary/aromatic N) is 2. The van der Waals surface area contributed by atoms with E-state index in [0.717, 1.165) is 45.3 Å². The third-order valence-corrected chi connectivity index (χ3v) is 6.01. The van der Waals surface area contributed by atoms with Crippen molar-refractivity contribution in [3.05, 3.63) is 35.4 Å². The highest BCUT2D eigenvalue weighted by molar-refractivity contribution is 5.79. The van der Waals surface area contributed by atoms with Crippen LogP contribution in [0.2, 0.25) is 0 Å². The van der Waals surface area contributed by atoms with Gasteiger partial charge in [0.1, 0.15) is 0 Å². The molecule has 0 saturated carbocycles. The number of carbonyl (C=O) groups excluding carboxylic acids is 2. The summed E-state index contributed by atoms with van der Waals surface area (Å²) in [6.45, 7) is 11.2. The van der Waals surface area contributed by atoms with E-state index in [1.165, 1.54) is 11.1 Å². The summed E-state index contributed by atoms with van der Waals surface area (Å²) >= 11 is 0. The van der Waals surface area contributed by atoms with Crippen molar-refractivity contribution in [2.45, 2.75) is 70.9 Å². The minimum atomic E-state index is 0.0106. The number of rotatable bonds is 4. The molecular formula is C23H35N3O2. The van der Waals surface area contributed by atoms with Crippen LogP contribution in [0.3, 0.4) is 0 Å². The number of carbonyl (C=O) groups is 2. The van der Waals surface area contributed by atoms with Crippen LogP contribution in [0.4, 0.5) is 0 Å². The average Bonchev–Trinajstić information content (AvgIpc) is 3.11. The molecule has 154 valence electrons. The predicted octanol–water partition coefficient (Wildman–Crippen LogP) is 3.25. The average molecular weight is 386 g/mol. The number of hydrogen-bond acceptors (Lipinski definition) is 3. The summed E-state index contributed by atoms with van der Waals surface area (Å²) in [5.74, 6) is 0.224. The zero-order chi connectivity index (χ0) is 20.3. The van der Waals surface area contributed by atoms with Crippen molar-refractivity contribution >= 4 is 11.8 Å². The zero-order valence-corrected chi connectivity index (χ0v) is 17.8. The molecule has 5 heteroatoms. The van der Waals surface area contributed by atoms with Gasteiger partial charge >= 0.3 is 0 Å². The van der Waals surface area contributed by atoms with Gasteiger partial charge < -0.3 is 10.2 Å². The maximum atomic E-state index is 13.0. The van der Waals surface area contributed by atoms with E-state index < -0.39 is 0 Å². The summed E-state index contributed by atoms with van der Waals surface area (Å²) in [5, 5.41) is 3.00. The number of likely N-dealkylation sites (tertiary alicyclic amines) is 2. The molecule has 0 aliphatic carbocycles. The molecule has 2 saturated heterocycles. The molecule has 2 heterocycles. The van der Waals surface area contributed by atoms with Gasteiger partial charge in [0, 0.05) is 26.1 Å². The first kappa shape index (κ1) is 20.8. The Morgan fingerprint density at radius 3 is 2.39 bits per heavy atom. The van der Waals surface area contributed by atoms with E-state index in [-0.39, 0.29) is 29.3 Å². The number of nitrogens with one attached hydrogen (secondary N) is 1. The fourth-order valence-electron chi connectivity index (χ4n) is 4.50. The second-order valence-corrected chi connectivity index (χ2v) is 9.39. The lowest BCUT2D eigenvalue weighted by Crippen LogP contribution is -2.50. The first-order valence-corrected chi connectivity index (χ1v) is 10.6. The molecule has 1 aromatic rings. The maximum absolute atomic E-state index is 13.0. The van der Waals surface area contributed by atoms with Gasteiger partial charge in [0.05, 0.1) is 12.6 Å². The second-order valence-electron chi connectivity index (χ2n) is 9.39. The highest BCUT2D eigenvalue weighted by Gasteiger charge is 2.32. The van der Waals surface area contributed by atoms with E-state index >= 15 is 0 Å². The fraction of sp³-hybridized carbons (Fsp3) is 0.652. The summed E-state index contributed by atoms with van der Waals surface area (Å²) < 4.78 is 0. The predicted molar refractivity (Wildman–Crippen MR) is 112 cm³/mol. The van der Waals surface area contributed by atoms with Gasteiger partial charge in [0.25, 0.3) is 0 Å². The Bertz CT molecular complexity index is 693. The molecule has 28 heavy (non-hydrogen) atoms. The monoisotopic (exact) mass is 385 g/mol. The molecule has 1 N–H and O–H groups in total. The van der Waals surface area contributed by atoms with Crippen LogP contribution in [0, 0.1) is 0 Å². The Morgan fingerprint density at radius 2 is 1.75 bits per heavy atom. The quantitative estimate of drug-likeness (QED) is 0.866. The molecule has 2 unspecified atom stereocenters. The van der Waals surface area contributed by atoms with Gasteiger partial charge in [-0.05, 0) is 48.8 Å². The highest BCUT2D eigenvalue weighted by atomic mass is 16.2. The normalized spacial score (nSPS) is 23.6. The first-order chi connectivity index (χ1) is 13.2. The van der Waals surface area contributed by atoms with Crippen LogP contribution in [0.15, 0.2) is 24.3 Å². The molecular weight excluding hydrogens is 350 g/mol. The largest absolute Gasteiger partial charge is 0.352 e. The van der Waals surface area contributed by atoms with Crippen LogP contribution in [0.1, 0.15) is 70.5 Å². The Hall–Kier alpha value is -1.88. The summed E-state index contributed by atoms with van der Waals surface area (Å²) in [6.07, 6.45) is 4.12. The lowest BCUT2D eigenvalue weighted by molar-refractivity contribution is -0.133. The summed E-state index contributed by atoms with van der Waals surface area (Å²) in [4.78, 5) is 28.6. The maximum Gasteiger partial charge on any atom is 0.237 e. The van der Waals surface area contributed by atoms with Crippen molar-refractivity contribution in [2.24, 2.45) is 0 Å². The number of benzene rings is 1. The smallest absolute Gasteiger partial charge is 0.237 e. The molecule has 2 aliphatic heterocycles. The third-order valence-electron chi connectivity index (χ3n) is 6.01. The molecule has 0 bridgehead atoms. The van der Waals surface area contributed by atoms with Gasteiger partial charge in [-0.3, -0.25) is 14.5 Å². The summed E-state index contributed by atoms with van der Waals surface area (Å²) in [6, 6.07) is 9.17. The minimum Gasteiger partial charge on any atom is -0.352 e. The van der Waals surface area contributed by atoms with Crippen molar-refractivity contribution in [3.63, 3.8) is 0 Å². The number of amides is 2. The second kappa shape index (κ2) is 8.64. The standard InChI is InChI=1S/C23H35N3O2/c1-17(27)24-20-7-5-13-25(15-20)16-22(28)26-14-6-8-21(26)18-9-11-19(12-10-18)23(2,3)4/h9-12,20-21H,5-8,13-16H2,1-4H3,(H,24,27). The van der Waals surface area contributed by atoms with Crippen LogP contribution in [-0.4, -0.2) is 53.8 Å². The Balaban J connectivity index is 1.62. The topological polar surface area (TPSA) is 52.7 Å². The van der Waals surface area contributed by atoms with Crippen LogP contribution in [0.25, 0.3) is 0 Å². The molecule has 0 aromatic heterocycles. The molecule has 0 radical (unpaired) electrons. The lowest BCUT2D eigenvalue weighted by Gasteiger charge is -2.34. The van der Waals surface area contributed by atoms with Crippen molar-refractivity contribution in [2.75, 3.05) is 26.2 Å². The first-order valence-electron chi connectivity index (χ1n) is 10.6. The molecule has 5 nitrogen and oxygen atoms in total. The van der Waals surface area contributed by atoms with Crippen molar-refractivity contribution in [3.8, 4) is 0 Å². The fourth-order valence-corrected chi connectivity index (χ4v) is 4.50. The summed E-state index contributed by atoms with van der Waals surface area (Å²) in [5.41, 5.74) is 2.71. The van der Waals surface area contributed by atoms with Crippen molar-refractivity contribution in [1.29, 1.82) is 0 Å². The van der Waals surface area contributed by atoms with Gasteiger partial charge in [-0.15, -0.1) is 0 Å². The molecule has 2 fully saturated rings. The minimum absolute atomic E-state index is 0.0106. The van der Waals surface area contributed by atoms with E-state index in [2.05, 4.69) is 60.2 Å². The zero-order valence-electron chi connectivity index (χ0n) is 17.8. The van der Waals surface area contributed by atoms with Crippen molar-refractivity contribution < 1.29 is 9.59 Å². The van der Waals surface area contributed by atoms with Crippen LogP contribution in [0.5, 0.6) is 0 Å². The lowest BCUT2D eigenvalue weighted by atomic mass is 9.86. The van der Waals surface area contributed by atoms with E-state index in [1.54, 1.807) is 6.92 Å². The Morgan fingerprint density at radius 1 is 1.07 bits per heavy atom. The summed E-state index contributed by atoms with van der Waals surface area (Å²) in [7, 11) is 0. The van der Waals surface area contributed by atoms with Crippen LogP contribution in [-0.2, 0) is 15.0 Å². The highest BCUT2D eigenvalue weighted by Crippen LogP contribution is 2.33. The Labute approximate surface area is 169 Å². The number of piperidine rings is 1. The van der Waals surface area contributed by atoms with E-state index in [1.807, 2.05) is 0 Å².